The largest absolute Gasteiger partial charge is 0.493 e. The zero-order chi connectivity index (χ0) is 15.6. The first-order valence-corrected chi connectivity index (χ1v) is 9.32. The van der Waals surface area contributed by atoms with Crippen LogP contribution in [0.5, 0.6) is 11.5 Å². The number of nitrogens with one attached hydrogen (secondary N) is 1. The summed E-state index contributed by atoms with van der Waals surface area (Å²) < 4.78 is 12.1. The number of benzene rings is 1. The second-order valence-electron chi connectivity index (χ2n) is 8.22. The van der Waals surface area contributed by atoms with Gasteiger partial charge in [-0.05, 0) is 68.5 Å². The molecule has 3 nitrogen and oxygen atoms in total. The maximum Gasteiger partial charge on any atom is 0.165 e. The predicted molar refractivity (Wildman–Crippen MR) is 90.3 cm³/mol. The van der Waals surface area contributed by atoms with Crippen LogP contribution < -0.4 is 14.8 Å². The SMILES string of the molecule is COc1ccc2c3c1O[C@@H]1CCC[C@H](C(NCC4CC4)C2)[C@]31C. The minimum Gasteiger partial charge on any atom is -0.493 e. The van der Waals surface area contributed by atoms with Gasteiger partial charge in [-0.1, -0.05) is 13.0 Å². The summed E-state index contributed by atoms with van der Waals surface area (Å²) in [7, 11) is 1.76. The van der Waals surface area contributed by atoms with Crippen molar-refractivity contribution >= 4 is 0 Å². The summed E-state index contributed by atoms with van der Waals surface area (Å²) in [5.74, 6) is 3.60. The van der Waals surface area contributed by atoms with Crippen molar-refractivity contribution in [2.75, 3.05) is 13.7 Å². The van der Waals surface area contributed by atoms with Crippen molar-refractivity contribution in [3.63, 3.8) is 0 Å². The van der Waals surface area contributed by atoms with Crippen LogP contribution in [0, 0.1) is 11.8 Å². The van der Waals surface area contributed by atoms with Gasteiger partial charge < -0.3 is 14.8 Å². The molecule has 23 heavy (non-hydrogen) atoms. The second kappa shape index (κ2) is 4.89. The molecule has 0 spiro atoms. The Kier molecular flexibility index (Phi) is 3.01. The average Bonchev–Trinajstić information content (AvgIpc) is 3.32. The van der Waals surface area contributed by atoms with Crippen LogP contribution in [0.1, 0.15) is 50.2 Å². The highest BCUT2D eigenvalue weighted by atomic mass is 16.5. The summed E-state index contributed by atoms with van der Waals surface area (Å²) in [6.07, 6.45) is 8.12. The van der Waals surface area contributed by atoms with E-state index in [1.165, 1.54) is 49.8 Å². The van der Waals surface area contributed by atoms with Crippen molar-refractivity contribution in [3.8, 4) is 11.5 Å². The highest BCUT2D eigenvalue weighted by Gasteiger charge is 2.58. The van der Waals surface area contributed by atoms with E-state index in [1.807, 2.05) is 0 Å². The number of methoxy groups -OCH3 is 1. The highest BCUT2D eigenvalue weighted by Crippen LogP contribution is 2.60. The molecule has 0 aromatic heterocycles. The third kappa shape index (κ3) is 1.92. The Balaban J connectivity index is 1.58. The molecular weight excluding hydrogens is 286 g/mol. The Morgan fingerprint density at radius 1 is 1.26 bits per heavy atom. The summed E-state index contributed by atoms with van der Waals surface area (Å²) in [6, 6.07) is 5.00. The molecule has 0 saturated heterocycles. The van der Waals surface area contributed by atoms with E-state index < -0.39 is 0 Å². The van der Waals surface area contributed by atoms with Gasteiger partial charge in [-0.3, -0.25) is 0 Å². The predicted octanol–water partition coefficient (Wildman–Crippen LogP) is 3.44. The zero-order valence-corrected chi connectivity index (χ0v) is 14.2. The molecule has 1 unspecified atom stereocenters. The molecule has 1 aliphatic heterocycles. The Labute approximate surface area is 138 Å². The van der Waals surface area contributed by atoms with Gasteiger partial charge in [0.25, 0.3) is 0 Å². The Bertz CT molecular complexity index is 639. The van der Waals surface area contributed by atoms with Crippen molar-refractivity contribution in [1.29, 1.82) is 0 Å². The minimum absolute atomic E-state index is 0.164. The molecular formula is C20H27NO2. The summed E-state index contributed by atoms with van der Waals surface area (Å²) in [6.45, 7) is 3.67. The van der Waals surface area contributed by atoms with E-state index in [0.717, 1.165) is 23.8 Å². The summed E-state index contributed by atoms with van der Waals surface area (Å²) in [5, 5.41) is 3.93. The molecule has 2 saturated carbocycles. The first kappa shape index (κ1) is 14.2. The van der Waals surface area contributed by atoms with E-state index in [2.05, 4.69) is 24.4 Å². The van der Waals surface area contributed by atoms with Gasteiger partial charge in [0, 0.05) is 17.0 Å². The van der Waals surface area contributed by atoms with Crippen LogP contribution in [0.2, 0.25) is 0 Å². The molecule has 1 heterocycles. The van der Waals surface area contributed by atoms with Crippen LogP contribution in [0.4, 0.5) is 0 Å². The standard InChI is InChI=1S/C20H27NO2/c1-20-14-4-3-5-17(20)23-19-16(22-2)9-8-13(18(19)20)10-15(14)21-11-12-6-7-12/h8-9,12,14-15,17,21H,3-7,10-11H2,1-2H3/t14-,15?,17-,20+/m1/s1. The molecule has 0 amide bonds. The van der Waals surface area contributed by atoms with E-state index in [0.29, 0.717) is 18.1 Å². The second-order valence-corrected chi connectivity index (χ2v) is 8.22. The number of hydrogen-bond acceptors (Lipinski definition) is 3. The third-order valence-electron chi connectivity index (χ3n) is 6.94. The number of rotatable bonds is 4. The Morgan fingerprint density at radius 2 is 2.13 bits per heavy atom. The fourth-order valence-corrected chi connectivity index (χ4v) is 5.53. The highest BCUT2D eigenvalue weighted by molar-refractivity contribution is 5.60. The van der Waals surface area contributed by atoms with Gasteiger partial charge in [-0.2, -0.15) is 0 Å². The summed E-state index contributed by atoms with van der Waals surface area (Å²) >= 11 is 0. The number of ether oxygens (including phenoxy) is 2. The number of hydrogen-bond donors (Lipinski definition) is 1. The molecule has 2 fully saturated rings. The van der Waals surface area contributed by atoms with Crippen LogP contribution in [0.3, 0.4) is 0 Å². The maximum absolute atomic E-state index is 6.46. The lowest BCUT2D eigenvalue weighted by Gasteiger charge is -2.49. The summed E-state index contributed by atoms with van der Waals surface area (Å²) in [5.41, 5.74) is 3.12. The van der Waals surface area contributed by atoms with Gasteiger partial charge in [-0.15, -0.1) is 0 Å². The van der Waals surface area contributed by atoms with Crippen molar-refractivity contribution in [3.05, 3.63) is 23.3 Å². The van der Waals surface area contributed by atoms with Gasteiger partial charge in [-0.25, -0.2) is 0 Å². The molecule has 4 aliphatic rings. The Morgan fingerprint density at radius 3 is 2.91 bits per heavy atom. The average molecular weight is 313 g/mol. The molecule has 4 atom stereocenters. The lowest BCUT2D eigenvalue weighted by molar-refractivity contribution is 0.0393. The molecule has 1 aromatic rings. The van der Waals surface area contributed by atoms with Gasteiger partial charge in [0.15, 0.2) is 11.5 Å². The molecule has 1 N–H and O–H groups in total. The van der Waals surface area contributed by atoms with Gasteiger partial charge >= 0.3 is 0 Å². The van der Waals surface area contributed by atoms with Gasteiger partial charge in [0.05, 0.1) is 7.11 Å². The quantitative estimate of drug-likeness (QED) is 0.923. The monoisotopic (exact) mass is 313 g/mol. The van der Waals surface area contributed by atoms with Crippen molar-refractivity contribution < 1.29 is 9.47 Å². The van der Waals surface area contributed by atoms with Crippen LogP contribution in [0.15, 0.2) is 12.1 Å². The molecule has 5 rings (SSSR count). The van der Waals surface area contributed by atoms with E-state index in [1.54, 1.807) is 7.11 Å². The Hall–Kier alpha value is -1.22. The first-order valence-electron chi connectivity index (χ1n) is 9.32. The van der Waals surface area contributed by atoms with Crippen LogP contribution in [-0.4, -0.2) is 25.8 Å². The fraction of sp³-hybridized carbons (Fsp3) is 0.700. The molecule has 124 valence electrons. The van der Waals surface area contributed by atoms with Gasteiger partial charge in [0.2, 0.25) is 0 Å². The van der Waals surface area contributed by atoms with E-state index in [9.17, 15) is 0 Å². The van der Waals surface area contributed by atoms with E-state index >= 15 is 0 Å². The van der Waals surface area contributed by atoms with Crippen molar-refractivity contribution in [2.45, 2.75) is 63.0 Å². The maximum atomic E-state index is 6.46. The molecule has 0 radical (unpaired) electrons. The third-order valence-corrected chi connectivity index (χ3v) is 6.94. The lowest BCUT2D eigenvalue weighted by atomic mass is 9.56. The summed E-state index contributed by atoms with van der Waals surface area (Å²) in [4.78, 5) is 0. The van der Waals surface area contributed by atoms with Gasteiger partial charge in [0.1, 0.15) is 6.10 Å². The van der Waals surface area contributed by atoms with Crippen LogP contribution >= 0.6 is 0 Å². The molecule has 0 bridgehead atoms. The van der Waals surface area contributed by atoms with Crippen molar-refractivity contribution in [2.24, 2.45) is 11.8 Å². The van der Waals surface area contributed by atoms with Crippen LogP contribution in [0.25, 0.3) is 0 Å². The zero-order valence-electron chi connectivity index (χ0n) is 14.2. The van der Waals surface area contributed by atoms with E-state index in [-0.39, 0.29) is 5.41 Å². The minimum atomic E-state index is 0.164. The van der Waals surface area contributed by atoms with E-state index in [4.69, 9.17) is 9.47 Å². The molecule has 1 aromatic carbocycles. The smallest absolute Gasteiger partial charge is 0.165 e. The lowest BCUT2D eigenvalue weighted by Crippen LogP contribution is -2.57. The molecule has 3 aliphatic carbocycles. The van der Waals surface area contributed by atoms with Crippen molar-refractivity contribution in [1.82, 2.24) is 5.32 Å². The normalized spacial score (nSPS) is 37.2. The molecule has 3 heteroatoms. The van der Waals surface area contributed by atoms with Crippen LogP contribution in [-0.2, 0) is 11.8 Å². The fourth-order valence-electron chi connectivity index (χ4n) is 5.53. The first-order chi connectivity index (χ1) is 11.2. The topological polar surface area (TPSA) is 30.5 Å².